The summed E-state index contributed by atoms with van der Waals surface area (Å²) in [4.78, 5) is 22.4. The summed E-state index contributed by atoms with van der Waals surface area (Å²) < 4.78 is 13.6. The molecule has 24 heavy (non-hydrogen) atoms. The summed E-state index contributed by atoms with van der Waals surface area (Å²) in [5.74, 6) is -1.25. The van der Waals surface area contributed by atoms with E-state index in [-0.39, 0.29) is 27.0 Å². The maximum absolute atomic E-state index is 13.6. The molecule has 6 nitrogen and oxygen atoms in total. The molecule has 0 aliphatic heterocycles. The Kier molecular flexibility index (Phi) is 5.26. The zero-order valence-electron chi connectivity index (χ0n) is 12.3. The lowest BCUT2D eigenvalue weighted by Gasteiger charge is -2.16. The first kappa shape index (κ1) is 18.0. The second-order valence-corrected chi connectivity index (χ2v) is 5.83. The highest BCUT2D eigenvalue weighted by Crippen LogP contribution is 2.29. The average molecular weight is 372 g/mol. The Hall–Kier alpha value is -2.38. The largest absolute Gasteiger partial charge is 0.393 e. The molecule has 0 aliphatic rings. The Morgan fingerprint density at radius 2 is 1.96 bits per heavy atom. The van der Waals surface area contributed by atoms with Crippen molar-refractivity contribution in [3.8, 4) is 0 Å². The van der Waals surface area contributed by atoms with E-state index in [0.29, 0.717) is 5.56 Å². The van der Waals surface area contributed by atoms with Crippen molar-refractivity contribution < 1.29 is 14.1 Å². The lowest BCUT2D eigenvalue weighted by Crippen LogP contribution is -2.27. The highest BCUT2D eigenvalue weighted by molar-refractivity contribution is 6.35. The van der Waals surface area contributed by atoms with Gasteiger partial charge < -0.3 is 11.1 Å². The molecule has 126 valence electrons. The second kappa shape index (κ2) is 7.02. The van der Waals surface area contributed by atoms with Crippen molar-refractivity contribution >= 4 is 40.5 Å². The van der Waals surface area contributed by atoms with Gasteiger partial charge in [-0.2, -0.15) is 0 Å². The molecule has 0 bridgehead atoms. The van der Waals surface area contributed by atoms with Crippen molar-refractivity contribution in [1.29, 1.82) is 0 Å². The van der Waals surface area contributed by atoms with Crippen LogP contribution in [0, 0.1) is 15.9 Å². The maximum Gasteiger partial charge on any atom is 0.292 e. The number of nitro groups is 1. The van der Waals surface area contributed by atoms with Crippen molar-refractivity contribution in [1.82, 2.24) is 5.32 Å². The second-order valence-electron chi connectivity index (χ2n) is 5.01. The van der Waals surface area contributed by atoms with Crippen LogP contribution >= 0.6 is 23.2 Å². The van der Waals surface area contributed by atoms with Crippen LogP contribution in [0.4, 0.5) is 15.8 Å². The summed E-state index contributed by atoms with van der Waals surface area (Å²) in [6, 6.07) is 5.42. The summed E-state index contributed by atoms with van der Waals surface area (Å²) in [7, 11) is 0. The van der Waals surface area contributed by atoms with Crippen LogP contribution in [0.25, 0.3) is 0 Å². The Morgan fingerprint density at radius 1 is 1.29 bits per heavy atom. The van der Waals surface area contributed by atoms with Crippen LogP contribution in [0.5, 0.6) is 0 Å². The van der Waals surface area contributed by atoms with Gasteiger partial charge in [-0.25, -0.2) is 4.39 Å². The predicted octanol–water partition coefficient (Wildman–Crippen LogP) is 4.11. The maximum atomic E-state index is 13.6. The fourth-order valence-corrected chi connectivity index (χ4v) is 2.62. The van der Waals surface area contributed by atoms with E-state index >= 15 is 0 Å². The Bertz CT molecular complexity index is 830. The Labute approximate surface area is 146 Å². The lowest BCUT2D eigenvalue weighted by atomic mass is 10.1. The van der Waals surface area contributed by atoms with E-state index in [1.165, 1.54) is 18.2 Å². The molecule has 0 spiro atoms. The summed E-state index contributed by atoms with van der Waals surface area (Å²) in [6.07, 6.45) is 0. The number of hydrogen-bond acceptors (Lipinski definition) is 4. The number of amides is 1. The molecule has 1 unspecified atom stereocenters. The first-order valence-corrected chi connectivity index (χ1v) is 7.45. The molecule has 3 N–H and O–H groups in total. The molecular weight excluding hydrogens is 360 g/mol. The molecule has 9 heteroatoms. The number of nitrogens with one attached hydrogen (secondary N) is 1. The molecule has 1 atom stereocenters. The third-order valence-corrected chi connectivity index (χ3v) is 3.96. The van der Waals surface area contributed by atoms with E-state index in [0.717, 1.165) is 12.1 Å². The van der Waals surface area contributed by atoms with Crippen LogP contribution in [0.15, 0.2) is 30.3 Å². The summed E-state index contributed by atoms with van der Waals surface area (Å²) in [6.45, 7) is 1.60. The quantitative estimate of drug-likeness (QED) is 0.365. The van der Waals surface area contributed by atoms with E-state index in [9.17, 15) is 19.3 Å². The fraction of sp³-hybridized carbons (Fsp3) is 0.133. The molecule has 0 aromatic heterocycles. The lowest BCUT2D eigenvalue weighted by molar-refractivity contribution is -0.383. The molecular formula is C15H12Cl2FN3O3. The number of carbonyl (C=O) groups is 1. The van der Waals surface area contributed by atoms with Crippen molar-refractivity contribution in [2.24, 2.45) is 0 Å². The van der Waals surface area contributed by atoms with Gasteiger partial charge in [0.2, 0.25) is 0 Å². The molecule has 0 saturated heterocycles. The highest BCUT2D eigenvalue weighted by atomic mass is 35.5. The molecule has 0 saturated carbocycles. The number of rotatable bonds is 4. The van der Waals surface area contributed by atoms with Crippen LogP contribution in [-0.2, 0) is 0 Å². The molecule has 2 rings (SSSR count). The number of benzene rings is 2. The van der Waals surface area contributed by atoms with Gasteiger partial charge in [0.15, 0.2) is 0 Å². The topological polar surface area (TPSA) is 98.3 Å². The minimum absolute atomic E-state index is 0.0487. The molecule has 0 fully saturated rings. The van der Waals surface area contributed by atoms with Gasteiger partial charge in [-0.3, -0.25) is 14.9 Å². The van der Waals surface area contributed by atoms with Crippen LogP contribution in [0.1, 0.15) is 28.9 Å². The number of carbonyl (C=O) groups excluding carboxylic acids is 1. The minimum atomic E-state index is -0.680. The van der Waals surface area contributed by atoms with Gasteiger partial charge in [0.25, 0.3) is 11.6 Å². The van der Waals surface area contributed by atoms with E-state index in [4.69, 9.17) is 28.9 Å². The molecule has 2 aromatic carbocycles. The van der Waals surface area contributed by atoms with E-state index in [2.05, 4.69) is 5.32 Å². The molecule has 0 aliphatic carbocycles. The van der Waals surface area contributed by atoms with Gasteiger partial charge in [0.05, 0.1) is 16.0 Å². The van der Waals surface area contributed by atoms with Crippen molar-refractivity contribution in [3.63, 3.8) is 0 Å². The fourth-order valence-electron chi connectivity index (χ4n) is 2.07. The van der Waals surface area contributed by atoms with Crippen molar-refractivity contribution in [2.75, 3.05) is 5.73 Å². The monoisotopic (exact) mass is 371 g/mol. The summed E-state index contributed by atoms with van der Waals surface area (Å²) >= 11 is 11.6. The van der Waals surface area contributed by atoms with Gasteiger partial charge in [-0.05, 0) is 36.8 Å². The minimum Gasteiger partial charge on any atom is -0.393 e. The van der Waals surface area contributed by atoms with Crippen LogP contribution < -0.4 is 11.1 Å². The Morgan fingerprint density at radius 3 is 2.58 bits per heavy atom. The summed E-state index contributed by atoms with van der Waals surface area (Å²) in [5, 5.41) is 13.5. The van der Waals surface area contributed by atoms with E-state index in [1.807, 2.05) is 0 Å². The average Bonchev–Trinajstić information content (AvgIpc) is 2.50. The highest BCUT2D eigenvalue weighted by Gasteiger charge is 2.19. The van der Waals surface area contributed by atoms with Crippen molar-refractivity contribution in [3.05, 3.63) is 67.4 Å². The zero-order chi connectivity index (χ0) is 18.0. The molecule has 0 radical (unpaired) electrons. The van der Waals surface area contributed by atoms with E-state index in [1.54, 1.807) is 6.92 Å². The number of nitrogens with zero attached hydrogens (tertiary/aromatic N) is 1. The van der Waals surface area contributed by atoms with Crippen LogP contribution in [-0.4, -0.2) is 10.8 Å². The third-order valence-electron chi connectivity index (χ3n) is 3.34. The number of nitrogen functional groups attached to an aromatic ring is 1. The van der Waals surface area contributed by atoms with Gasteiger partial charge >= 0.3 is 0 Å². The SMILES string of the molecule is CC(NC(=O)c1ccc(N)c([N+](=O)[O-])c1)c1cc(F)c(Cl)cc1Cl. The van der Waals surface area contributed by atoms with Gasteiger partial charge in [-0.15, -0.1) is 0 Å². The molecule has 0 heterocycles. The van der Waals surface area contributed by atoms with Gasteiger partial charge in [-0.1, -0.05) is 23.2 Å². The van der Waals surface area contributed by atoms with Crippen LogP contribution in [0.3, 0.4) is 0 Å². The van der Waals surface area contributed by atoms with Crippen LogP contribution in [0.2, 0.25) is 10.0 Å². The van der Waals surface area contributed by atoms with E-state index < -0.39 is 22.7 Å². The number of nitrogens with two attached hydrogens (primary N) is 1. The third kappa shape index (κ3) is 3.74. The normalized spacial score (nSPS) is 11.8. The summed E-state index contributed by atoms with van der Waals surface area (Å²) in [5.41, 5.74) is 5.45. The molecule has 1 amide bonds. The van der Waals surface area contributed by atoms with Gasteiger partial charge in [0.1, 0.15) is 11.5 Å². The standard InChI is InChI=1S/C15H12Cl2FN3O3/c1-7(9-5-12(18)11(17)6-10(9)16)20-15(22)8-2-3-13(19)14(4-8)21(23)24/h2-7H,19H2,1H3,(H,20,22). The Balaban J connectivity index is 2.25. The number of anilines is 1. The first-order valence-electron chi connectivity index (χ1n) is 6.70. The number of halogens is 3. The number of nitro benzene ring substituents is 1. The zero-order valence-corrected chi connectivity index (χ0v) is 13.9. The smallest absolute Gasteiger partial charge is 0.292 e. The van der Waals surface area contributed by atoms with Crippen molar-refractivity contribution in [2.45, 2.75) is 13.0 Å². The first-order chi connectivity index (χ1) is 11.2. The van der Waals surface area contributed by atoms with Gasteiger partial charge in [0, 0.05) is 16.7 Å². The number of hydrogen-bond donors (Lipinski definition) is 2. The molecule has 2 aromatic rings. The predicted molar refractivity (Wildman–Crippen MR) is 89.8 cm³/mol.